The lowest BCUT2D eigenvalue weighted by Gasteiger charge is -2.13. The molecule has 0 spiro atoms. The van der Waals surface area contributed by atoms with Crippen LogP contribution in [0.3, 0.4) is 0 Å². The van der Waals surface area contributed by atoms with E-state index in [1.807, 2.05) is 48.5 Å². The average Bonchev–Trinajstić information content (AvgIpc) is 3.59. The molecule has 0 saturated carbocycles. The lowest BCUT2D eigenvalue weighted by molar-refractivity contribution is 0.424. The molecule has 36 heavy (non-hydrogen) atoms. The van der Waals surface area contributed by atoms with Crippen molar-refractivity contribution in [3.8, 4) is 33.8 Å². The van der Waals surface area contributed by atoms with Gasteiger partial charge >= 0.3 is 0 Å². The van der Waals surface area contributed by atoms with E-state index in [0.717, 1.165) is 76.8 Å². The van der Waals surface area contributed by atoms with Crippen LogP contribution >= 0.6 is 0 Å². The van der Waals surface area contributed by atoms with E-state index in [9.17, 15) is 4.79 Å². The number of methoxy groups -OCH3 is 2. The fourth-order valence-electron chi connectivity index (χ4n) is 5.68. The van der Waals surface area contributed by atoms with Crippen molar-refractivity contribution in [1.82, 2.24) is 0 Å². The summed E-state index contributed by atoms with van der Waals surface area (Å²) in [5, 5.41) is 8.33. The van der Waals surface area contributed by atoms with Crippen molar-refractivity contribution in [2.24, 2.45) is 0 Å². The molecule has 0 radical (unpaired) electrons. The molecular weight excluding hydrogens is 444 g/mol. The second-order valence-electron chi connectivity index (χ2n) is 9.15. The van der Waals surface area contributed by atoms with E-state index >= 15 is 0 Å². The molecule has 0 aromatic heterocycles. The molecule has 3 heteroatoms. The zero-order valence-electron chi connectivity index (χ0n) is 20.0. The lowest BCUT2D eigenvalue weighted by atomic mass is 9.95. The zero-order valence-corrected chi connectivity index (χ0v) is 20.0. The number of fused-ring (bicyclic) bond motifs is 4. The number of hydrogen-bond acceptors (Lipinski definition) is 3. The van der Waals surface area contributed by atoms with Crippen LogP contribution in [0.1, 0.15) is 0 Å². The first-order valence-electron chi connectivity index (χ1n) is 12.0. The summed E-state index contributed by atoms with van der Waals surface area (Å²) < 4.78 is 11.9. The van der Waals surface area contributed by atoms with Gasteiger partial charge in [-0.2, -0.15) is 0 Å². The molecule has 3 nitrogen and oxygen atoms in total. The molecular formula is C33H22O3. The van der Waals surface area contributed by atoms with E-state index in [4.69, 9.17) is 9.47 Å². The van der Waals surface area contributed by atoms with Crippen LogP contribution in [0.25, 0.3) is 65.3 Å². The first-order valence-corrected chi connectivity index (χ1v) is 12.0. The molecule has 0 atom stereocenters. The normalized spacial score (nSPS) is 11.7. The summed E-state index contributed by atoms with van der Waals surface area (Å²) in [5.74, 6) is 1.60. The summed E-state index contributed by atoms with van der Waals surface area (Å²) in [6.45, 7) is 0. The first-order chi connectivity index (χ1) is 17.7. The second kappa shape index (κ2) is 7.69. The molecule has 0 N–H and O–H groups in total. The summed E-state index contributed by atoms with van der Waals surface area (Å²) in [6.07, 6.45) is 0. The van der Waals surface area contributed by atoms with E-state index in [1.165, 1.54) is 0 Å². The van der Waals surface area contributed by atoms with Gasteiger partial charge in [0.25, 0.3) is 0 Å². The van der Waals surface area contributed by atoms with Gasteiger partial charge in [-0.05, 0) is 44.8 Å². The van der Waals surface area contributed by atoms with Crippen molar-refractivity contribution < 1.29 is 9.47 Å². The first kappa shape index (κ1) is 20.7. The summed E-state index contributed by atoms with van der Waals surface area (Å²) in [5.41, 5.74) is 3.38. The third-order valence-corrected chi connectivity index (χ3v) is 7.27. The van der Waals surface area contributed by atoms with Gasteiger partial charge in [0, 0.05) is 32.7 Å². The highest BCUT2D eigenvalue weighted by Crippen LogP contribution is 2.47. The van der Waals surface area contributed by atoms with Crippen molar-refractivity contribution in [1.29, 1.82) is 0 Å². The van der Waals surface area contributed by atoms with Crippen LogP contribution in [0.4, 0.5) is 0 Å². The van der Waals surface area contributed by atoms with Crippen molar-refractivity contribution >= 4 is 43.1 Å². The Labute approximate surface area is 207 Å². The van der Waals surface area contributed by atoms with Crippen LogP contribution in [0.15, 0.2) is 102 Å². The molecule has 7 rings (SSSR count). The summed E-state index contributed by atoms with van der Waals surface area (Å²) >= 11 is 0. The minimum atomic E-state index is 0.0698. The Morgan fingerprint density at radius 1 is 0.500 bits per heavy atom. The largest absolute Gasteiger partial charge is 0.495 e. The molecule has 0 fully saturated rings. The summed E-state index contributed by atoms with van der Waals surface area (Å²) in [4.78, 5) is 13.5. The lowest BCUT2D eigenvalue weighted by Crippen LogP contribution is -1.90. The SMILES string of the molecule is COc1c2ccccc2cc2cccc(-c3c(-c4cccc5cc6ccccc6c(OC)c45)c3=O)c12. The van der Waals surface area contributed by atoms with Gasteiger partial charge in [-0.15, -0.1) is 0 Å². The Balaban J connectivity index is 1.53. The number of rotatable bonds is 4. The van der Waals surface area contributed by atoms with Gasteiger partial charge in [0.1, 0.15) is 11.5 Å². The van der Waals surface area contributed by atoms with Crippen LogP contribution in [0.5, 0.6) is 11.5 Å². The molecule has 0 aliphatic heterocycles. The van der Waals surface area contributed by atoms with Crippen molar-refractivity contribution in [2.75, 3.05) is 14.2 Å². The fraction of sp³-hybridized carbons (Fsp3) is 0.0606. The average molecular weight is 467 g/mol. The Morgan fingerprint density at radius 2 is 0.917 bits per heavy atom. The molecule has 0 saturated heterocycles. The van der Waals surface area contributed by atoms with Gasteiger partial charge in [-0.25, -0.2) is 0 Å². The molecule has 0 aliphatic rings. The third kappa shape index (κ3) is 2.83. The second-order valence-corrected chi connectivity index (χ2v) is 9.15. The Morgan fingerprint density at radius 3 is 1.36 bits per heavy atom. The predicted octanol–water partition coefficient (Wildman–Crippen LogP) is 7.89. The Kier molecular flexibility index (Phi) is 4.43. The van der Waals surface area contributed by atoms with Crippen molar-refractivity contribution in [3.05, 3.63) is 107 Å². The Bertz CT molecular complexity index is 1840. The van der Waals surface area contributed by atoms with Crippen LogP contribution in [-0.2, 0) is 0 Å². The van der Waals surface area contributed by atoms with Crippen LogP contribution in [0.2, 0.25) is 0 Å². The topological polar surface area (TPSA) is 35.5 Å². The third-order valence-electron chi connectivity index (χ3n) is 7.27. The van der Waals surface area contributed by atoms with Crippen molar-refractivity contribution in [2.45, 2.75) is 0 Å². The fourth-order valence-corrected chi connectivity index (χ4v) is 5.68. The standard InChI is InChI=1S/C33H22O3/c1-35-32-23-13-5-3-9-19(23)17-21-11-7-15-25(27(21)32)29-30(31(29)34)26-16-8-12-22-18-20-10-4-6-14-24(20)33(36-2)28(22)26/h3-18H,1-2H3. The molecule has 7 aromatic carbocycles. The smallest absolute Gasteiger partial charge is 0.195 e. The van der Waals surface area contributed by atoms with Gasteiger partial charge in [0.15, 0.2) is 5.43 Å². The van der Waals surface area contributed by atoms with E-state index in [0.29, 0.717) is 0 Å². The maximum Gasteiger partial charge on any atom is 0.195 e. The molecule has 172 valence electrons. The number of ether oxygens (including phenoxy) is 2. The van der Waals surface area contributed by atoms with Gasteiger partial charge in [-0.1, -0.05) is 84.9 Å². The molecule has 0 aliphatic carbocycles. The summed E-state index contributed by atoms with van der Waals surface area (Å²) in [7, 11) is 3.39. The predicted molar refractivity (Wildman–Crippen MR) is 149 cm³/mol. The highest BCUT2D eigenvalue weighted by atomic mass is 16.5. The van der Waals surface area contributed by atoms with E-state index < -0.39 is 0 Å². The summed E-state index contributed by atoms with van der Waals surface area (Å²) in [6, 6.07) is 32.9. The minimum absolute atomic E-state index is 0.0698. The molecule has 0 amide bonds. The molecule has 0 heterocycles. The van der Waals surface area contributed by atoms with E-state index in [-0.39, 0.29) is 5.43 Å². The number of benzene rings is 6. The van der Waals surface area contributed by atoms with Gasteiger partial charge in [-0.3, -0.25) is 4.79 Å². The maximum atomic E-state index is 13.5. The quantitative estimate of drug-likeness (QED) is 0.248. The van der Waals surface area contributed by atoms with Crippen LogP contribution < -0.4 is 14.9 Å². The Hall–Kier alpha value is -4.63. The monoisotopic (exact) mass is 466 g/mol. The van der Waals surface area contributed by atoms with Gasteiger partial charge in [0.2, 0.25) is 0 Å². The highest BCUT2D eigenvalue weighted by molar-refractivity contribution is 6.18. The van der Waals surface area contributed by atoms with Crippen LogP contribution in [-0.4, -0.2) is 14.2 Å². The van der Waals surface area contributed by atoms with E-state index in [2.05, 4.69) is 48.5 Å². The van der Waals surface area contributed by atoms with Gasteiger partial charge < -0.3 is 9.47 Å². The van der Waals surface area contributed by atoms with Crippen LogP contribution in [0, 0.1) is 0 Å². The highest BCUT2D eigenvalue weighted by Gasteiger charge is 2.30. The van der Waals surface area contributed by atoms with E-state index in [1.54, 1.807) is 14.2 Å². The molecule has 7 aromatic rings. The maximum absolute atomic E-state index is 13.5. The minimum Gasteiger partial charge on any atom is -0.495 e. The van der Waals surface area contributed by atoms with Crippen molar-refractivity contribution in [3.63, 3.8) is 0 Å². The van der Waals surface area contributed by atoms with Gasteiger partial charge in [0.05, 0.1) is 14.2 Å². The molecule has 0 unspecified atom stereocenters. The zero-order chi connectivity index (χ0) is 24.4. The number of hydrogen-bond donors (Lipinski definition) is 0. The molecule has 0 bridgehead atoms.